The Morgan fingerprint density at radius 3 is 1.43 bits per heavy atom. The molecule has 0 bridgehead atoms. The number of furan rings is 1. The van der Waals surface area contributed by atoms with Gasteiger partial charge >= 0.3 is 0 Å². The molecule has 0 amide bonds. The van der Waals surface area contributed by atoms with Crippen molar-refractivity contribution in [1.29, 1.82) is 0 Å². The van der Waals surface area contributed by atoms with E-state index in [1.165, 1.54) is 21.5 Å². The fourth-order valence-electron chi connectivity index (χ4n) is 7.19. The van der Waals surface area contributed by atoms with E-state index in [9.17, 15) is 0 Å². The van der Waals surface area contributed by atoms with Gasteiger partial charge in [0, 0.05) is 38.2 Å². The number of nitrogens with zero attached hydrogens (tertiary/aromatic N) is 3. The maximum atomic E-state index is 6.71. The molecule has 10 aromatic rings. The summed E-state index contributed by atoms with van der Waals surface area (Å²) >= 11 is 0. The first-order valence-corrected chi connectivity index (χ1v) is 15.8. The average molecular weight is 600 g/mol. The zero-order valence-electron chi connectivity index (χ0n) is 25.2. The Morgan fingerprint density at radius 2 is 0.787 bits per heavy atom. The van der Waals surface area contributed by atoms with Crippen LogP contribution in [-0.4, -0.2) is 15.0 Å². The van der Waals surface area contributed by atoms with Crippen LogP contribution in [0.4, 0.5) is 0 Å². The van der Waals surface area contributed by atoms with Gasteiger partial charge in [-0.25, -0.2) is 15.0 Å². The summed E-state index contributed by atoms with van der Waals surface area (Å²) in [7, 11) is 0. The SMILES string of the molecule is c1ccc(-c2nc(-c3ccccc3)nc(-c3ccc4c(c3)c3ccccc3c3c5oc6ccccc6c5c5ccccc5c43)n2)cc1. The van der Waals surface area contributed by atoms with Crippen LogP contribution in [0.2, 0.25) is 0 Å². The molecule has 0 saturated carbocycles. The van der Waals surface area contributed by atoms with E-state index in [2.05, 4.69) is 84.9 Å². The number of fused-ring (bicyclic) bond motifs is 13. The van der Waals surface area contributed by atoms with Crippen LogP contribution in [0.3, 0.4) is 0 Å². The van der Waals surface area contributed by atoms with Crippen molar-refractivity contribution in [2.24, 2.45) is 0 Å². The van der Waals surface area contributed by atoms with Crippen molar-refractivity contribution < 1.29 is 4.42 Å². The quantitative estimate of drug-likeness (QED) is 0.190. The van der Waals surface area contributed by atoms with Crippen molar-refractivity contribution in [1.82, 2.24) is 15.0 Å². The van der Waals surface area contributed by atoms with Gasteiger partial charge in [0.2, 0.25) is 0 Å². The Hall–Kier alpha value is -6.39. The Balaban J connectivity index is 1.32. The van der Waals surface area contributed by atoms with Crippen molar-refractivity contribution in [3.8, 4) is 34.2 Å². The van der Waals surface area contributed by atoms with E-state index in [0.717, 1.165) is 60.2 Å². The maximum absolute atomic E-state index is 6.71. The average Bonchev–Trinajstić information content (AvgIpc) is 3.55. The van der Waals surface area contributed by atoms with Crippen LogP contribution in [0.1, 0.15) is 0 Å². The Labute approximate surface area is 269 Å². The molecule has 0 fully saturated rings. The van der Waals surface area contributed by atoms with E-state index >= 15 is 0 Å². The van der Waals surface area contributed by atoms with Gasteiger partial charge in [0.15, 0.2) is 17.5 Å². The van der Waals surface area contributed by atoms with E-state index in [1.807, 2.05) is 66.7 Å². The number of para-hydroxylation sites is 1. The lowest BCUT2D eigenvalue weighted by molar-refractivity contribution is 0.673. The zero-order chi connectivity index (χ0) is 30.9. The molecule has 2 heterocycles. The van der Waals surface area contributed by atoms with E-state index in [0.29, 0.717) is 17.5 Å². The molecule has 0 N–H and O–H groups in total. The minimum atomic E-state index is 0.640. The van der Waals surface area contributed by atoms with Gasteiger partial charge in [-0.1, -0.05) is 140 Å². The number of hydrogen-bond acceptors (Lipinski definition) is 4. The number of aromatic nitrogens is 3. The van der Waals surface area contributed by atoms with Crippen LogP contribution in [-0.2, 0) is 0 Å². The highest BCUT2D eigenvalue weighted by atomic mass is 16.3. The van der Waals surface area contributed by atoms with Crippen LogP contribution in [0.15, 0.2) is 156 Å². The molecule has 0 aliphatic heterocycles. The van der Waals surface area contributed by atoms with Gasteiger partial charge in [-0.05, 0) is 44.5 Å². The predicted octanol–water partition coefficient (Wildman–Crippen LogP) is 11.4. The molecule has 4 nitrogen and oxygen atoms in total. The van der Waals surface area contributed by atoms with Crippen molar-refractivity contribution in [2.45, 2.75) is 0 Å². The minimum Gasteiger partial charge on any atom is -0.455 e. The topological polar surface area (TPSA) is 51.8 Å². The highest BCUT2D eigenvalue weighted by molar-refractivity contribution is 6.41. The van der Waals surface area contributed by atoms with Crippen molar-refractivity contribution in [3.63, 3.8) is 0 Å². The van der Waals surface area contributed by atoms with Gasteiger partial charge in [0.05, 0.1) is 0 Å². The monoisotopic (exact) mass is 599 g/mol. The van der Waals surface area contributed by atoms with Crippen LogP contribution >= 0.6 is 0 Å². The highest BCUT2D eigenvalue weighted by Crippen LogP contribution is 2.47. The lowest BCUT2D eigenvalue weighted by atomic mass is 9.88. The third-order valence-electron chi connectivity index (χ3n) is 9.27. The van der Waals surface area contributed by atoms with E-state index in [4.69, 9.17) is 19.4 Å². The summed E-state index contributed by atoms with van der Waals surface area (Å²) < 4.78 is 6.71. The molecule has 4 heteroatoms. The zero-order valence-corrected chi connectivity index (χ0v) is 25.2. The summed E-state index contributed by atoms with van der Waals surface area (Å²) in [6.45, 7) is 0. The normalized spacial score (nSPS) is 11.8. The first kappa shape index (κ1) is 25.9. The molecular formula is C43H25N3O. The van der Waals surface area contributed by atoms with Gasteiger partial charge in [-0.3, -0.25) is 0 Å². The molecule has 0 spiro atoms. The van der Waals surface area contributed by atoms with Crippen molar-refractivity contribution >= 4 is 65.0 Å². The molecule has 0 saturated heterocycles. The molecule has 0 atom stereocenters. The highest BCUT2D eigenvalue weighted by Gasteiger charge is 2.21. The molecule has 2 aromatic heterocycles. The molecule has 0 aliphatic carbocycles. The van der Waals surface area contributed by atoms with Crippen LogP contribution in [0.5, 0.6) is 0 Å². The molecule has 0 unspecified atom stereocenters. The largest absolute Gasteiger partial charge is 0.455 e. The minimum absolute atomic E-state index is 0.640. The predicted molar refractivity (Wildman–Crippen MR) is 193 cm³/mol. The third kappa shape index (κ3) is 3.92. The van der Waals surface area contributed by atoms with Gasteiger partial charge in [-0.15, -0.1) is 0 Å². The number of hydrogen-bond donors (Lipinski definition) is 0. The Kier molecular flexibility index (Phi) is 5.54. The van der Waals surface area contributed by atoms with Gasteiger partial charge in [0.25, 0.3) is 0 Å². The molecule has 10 rings (SSSR count). The summed E-state index contributed by atoms with van der Waals surface area (Å²) in [5.41, 5.74) is 4.67. The third-order valence-corrected chi connectivity index (χ3v) is 9.27. The second kappa shape index (κ2) is 10.1. The van der Waals surface area contributed by atoms with Crippen LogP contribution in [0, 0.1) is 0 Å². The molecule has 218 valence electrons. The first-order chi connectivity index (χ1) is 23.3. The van der Waals surface area contributed by atoms with Crippen LogP contribution in [0.25, 0.3) is 99.2 Å². The Bertz CT molecular complexity index is 2780. The molecule has 47 heavy (non-hydrogen) atoms. The molecule has 0 aliphatic rings. The second-order valence-corrected chi connectivity index (χ2v) is 11.9. The van der Waals surface area contributed by atoms with Crippen molar-refractivity contribution in [3.05, 3.63) is 152 Å². The summed E-state index contributed by atoms with van der Waals surface area (Å²) in [5, 5.41) is 11.7. The fraction of sp³-hybridized carbons (Fsp3) is 0. The van der Waals surface area contributed by atoms with Gasteiger partial charge in [0.1, 0.15) is 11.2 Å². The standard InChI is InChI=1S/C43H25N3O/c1-3-13-26(14-4-1)41-44-42(27-15-5-2-6-16-27)46-43(45-41)28-23-24-33-35(25-28)29-17-7-8-18-30(29)39-37(33)31-19-9-10-20-32(31)38-34-21-11-12-22-36(34)47-40(38)39/h1-25H. The lowest BCUT2D eigenvalue weighted by Crippen LogP contribution is -2.00. The number of rotatable bonds is 3. The summed E-state index contributed by atoms with van der Waals surface area (Å²) in [6.07, 6.45) is 0. The van der Waals surface area contributed by atoms with Crippen LogP contribution < -0.4 is 0 Å². The van der Waals surface area contributed by atoms with Crippen molar-refractivity contribution in [2.75, 3.05) is 0 Å². The maximum Gasteiger partial charge on any atom is 0.164 e. The number of benzene rings is 8. The fourth-order valence-corrected chi connectivity index (χ4v) is 7.19. The first-order valence-electron chi connectivity index (χ1n) is 15.8. The van der Waals surface area contributed by atoms with E-state index in [1.54, 1.807) is 0 Å². The summed E-state index contributed by atoms with van der Waals surface area (Å²) in [4.78, 5) is 15.0. The molecule has 0 radical (unpaired) electrons. The van der Waals surface area contributed by atoms with Gasteiger partial charge < -0.3 is 4.42 Å². The van der Waals surface area contributed by atoms with E-state index < -0.39 is 0 Å². The lowest BCUT2D eigenvalue weighted by Gasteiger charge is -2.15. The smallest absolute Gasteiger partial charge is 0.164 e. The van der Waals surface area contributed by atoms with E-state index in [-0.39, 0.29) is 0 Å². The molecular weight excluding hydrogens is 574 g/mol. The second-order valence-electron chi connectivity index (χ2n) is 11.9. The summed E-state index contributed by atoms with van der Waals surface area (Å²) in [5.74, 6) is 1.94. The summed E-state index contributed by atoms with van der Waals surface area (Å²) in [6, 6.07) is 52.6. The Morgan fingerprint density at radius 1 is 0.319 bits per heavy atom. The van der Waals surface area contributed by atoms with Gasteiger partial charge in [-0.2, -0.15) is 0 Å². The molecule has 8 aromatic carbocycles.